The summed E-state index contributed by atoms with van der Waals surface area (Å²) >= 11 is 0. The van der Waals surface area contributed by atoms with Crippen LogP contribution in [0, 0.1) is 0 Å². The maximum Gasteiger partial charge on any atom is 0.275 e. The van der Waals surface area contributed by atoms with Crippen LogP contribution in [0.4, 0.5) is 0 Å². The lowest BCUT2D eigenvalue weighted by atomic mass is 9.78. The molecule has 3 aromatic carbocycles. The van der Waals surface area contributed by atoms with Crippen molar-refractivity contribution in [2.75, 3.05) is 0 Å². The summed E-state index contributed by atoms with van der Waals surface area (Å²) in [6, 6.07) is 40.6. The van der Waals surface area contributed by atoms with Crippen LogP contribution in [0.1, 0.15) is 37.8 Å². The minimum Gasteiger partial charge on any atom is -0.184 e. The Balaban J connectivity index is 1.55. The van der Waals surface area contributed by atoms with E-state index in [0.29, 0.717) is 0 Å². The van der Waals surface area contributed by atoms with E-state index >= 15 is 0 Å². The maximum absolute atomic E-state index is 2.68. The van der Waals surface area contributed by atoms with Crippen LogP contribution in [0.15, 0.2) is 122 Å². The monoisotopic (exact) mass is 478 g/mol. The summed E-state index contributed by atoms with van der Waals surface area (Å²) in [5.41, 5.74) is 10.5. The fourth-order valence-electron chi connectivity index (χ4n) is 8.81. The Morgan fingerprint density at radius 3 is 1.95 bits per heavy atom. The Morgan fingerprint density at radius 1 is 0.541 bits per heavy atom. The van der Waals surface area contributed by atoms with Crippen molar-refractivity contribution in [3.63, 3.8) is 0 Å². The summed E-state index contributed by atoms with van der Waals surface area (Å²) in [7, 11) is 0. The lowest BCUT2D eigenvalue weighted by molar-refractivity contribution is -0.799. The van der Waals surface area contributed by atoms with Crippen LogP contribution in [0.25, 0.3) is 33.6 Å². The van der Waals surface area contributed by atoms with Crippen molar-refractivity contribution >= 4 is 0 Å². The van der Waals surface area contributed by atoms with Gasteiger partial charge in [-0.05, 0) is 41.8 Å². The van der Waals surface area contributed by atoms with Crippen molar-refractivity contribution in [1.82, 2.24) is 0 Å². The zero-order chi connectivity index (χ0) is 24.8. The lowest BCUT2D eigenvalue weighted by Crippen LogP contribution is -2.60. The number of aromatic nitrogens is 2. The van der Waals surface area contributed by atoms with Gasteiger partial charge in [0, 0.05) is 35.7 Å². The summed E-state index contributed by atoms with van der Waals surface area (Å²) in [5, 5.41) is 0. The van der Waals surface area contributed by atoms with E-state index in [1.54, 1.807) is 0 Å². The van der Waals surface area contributed by atoms with Gasteiger partial charge in [-0.1, -0.05) is 80.6 Å². The second kappa shape index (κ2) is 7.04. The molecule has 0 amide bonds. The van der Waals surface area contributed by atoms with E-state index in [2.05, 4.69) is 145 Å². The number of hydrogen-bond donors (Lipinski definition) is 0. The highest BCUT2D eigenvalue weighted by Gasteiger charge is 3.03. The van der Waals surface area contributed by atoms with E-state index in [1.807, 2.05) is 0 Å². The van der Waals surface area contributed by atoms with Crippen LogP contribution in [0.5, 0.6) is 0 Å². The highest BCUT2D eigenvalue weighted by molar-refractivity contribution is 5.78. The van der Waals surface area contributed by atoms with E-state index in [1.165, 1.54) is 44.8 Å². The molecule has 3 atom stereocenters. The van der Waals surface area contributed by atoms with E-state index in [-0.39, 0.29) is 16.5 Å². The molecule has 1 fully saturated rings. The van der Waals surface area contributed by atoms with Crippen LogP contribution in [0.3, 0.4) is 0 Å². The Morgan fingerprint density at radius 2 is 1.19 bits per heavy atom. The average Bonchev–Trinajstić information content (AvgIpc) is 3.44. The predicted octanol–water partition coefficient (Wildman–Crippen LogP) is 6.80. The van der Waals surface area contributed by atoms with Gasteiger partial charge in [0.1, 0.15) is 5.41 Å². The van der Waals surface area contributed by atoms with Crippen molar-refractivity contribution in [3.05, 3.63) is 133 Å². The molecule has 0 bridgehead atoms. The van der Waals surface area contributed by atoms with Gasteiger partial charge in [-0.25, -0.2) is 0 Å². The number of benzene rings is 3. The van der Waals surface area contributed by atoms with Gasteiger partial charge in [-0.3, -0.25) is 0 Å². The number of pyridine rings is 2. The van der Waals surface area contributed by atoms with E-state index in [9.17, 15) is 0 Å². The number of nitrogens with zero attached hydrogens (tertiary/aromatic N) is 2. The molecular weight excluding hydrogens is 448 g/mol. The third-order valence-corrected chi connectivity index (χ3v) is 9.85. The predicted molar refractivity (Wildman–Crippen MR) is 147 cm³/mol. The zero-order valence-corrected chi connectivity index (χ0v) is 21.4. The molecule has 2 nitrogen and oxygen atoms in total. The second-order valence-corrected chi connectivity index (χ2v) is 10.8. The largest absolute Gasteiger partial charge is 0.275 e. The first kappa shape index (κ1) is 21.1. The molecule has 1 spiro atoms. The van der Waals surface area contributed by atoms with Gasteiger partial charge in [0.25, 0.3) is 11.1 Å². The first-order valence-corrected chi connectivity index (χ1v) is 13.6. The molecule has 1 aliphatic carbocycles. The fourth-order valence-corrected chi connectivity index (χ4v) is 8.81. The summed E-state index contributed by atoms with van der Waals surface area (Å²) in [5.74, 6) is 0. The number of hydrogen-bond acceptors (Lipinski definition) is 0. The van der Waals surface area contributed by atoms with E-state index < -0.39 is 0 Å². The van der Waals surface area contributed by atoms with Crippen LogP contribution in [-0.4, -0.2) is 0 Å². The molecule has 0 saturated heterocycles. The Kier molecular flexibility index (Phi) is 4.01. The van der Waals surface area contributed by atoms with Gasteiger partial charge in [0.05, 0.1) is 11.1 Å². The molecule has 2 heteroatoms. The van der Waals surface area contributed by atoms with Gasteiger partial charge < -0.3 is 0 Å². The Bertz CT molecular complexity index is 1660. The van der Waals surface area contributed by atoms with Gasteiger partial charge >= 0.3 is 0 Å². The molecule has 0 N–H and O–H groups in total. The molecule has 2 aliphatic heterocycles. The Hall–Kier alpha value is -4.04. The molecule has 8 rings (SSSR count). The van der Waals surface area contributed by atoms with Crippen LogP contribution < -0.4 is 9.13 Å². The highest BCUT2D eigenvalue weighted by atomic mass is 15.3. The van der Waals surface area contributed by atoms with Crippen LogP contribution in [0.2, 0.25) is 0 Å². The standard InChI is InChI=1S/C35H30N2/c1-3-33-29-18-10-8-16-27(29)31-20-12-13-23-36(31)34(33,4-2)35(33)30-19-11-9-17-28(30)32-22-21-26(24-37(32)35)25-14-6-5-7-15-25/h5-24H,3-4H2,1-2H3/q+2. The zero-order valence-electron chi connectivity index (χ0n) is 21.4. The molecule has 2 aromatic heterocycles. The quantitative estimate of drug-likeness (QED) is 0.252. The molecule has 178 valence electrons. The smallest absolute Gasteiger partial charge is 0.184 e. The topological polar surface area (TPSA) is 7.76 Å². The van der Waals surface area contributed by atoms with Crippen molar-refractivity contribution in [2.24, 2.45) is 0 Å². The van der Waals surface area contributed by atoms with Gasteiger partial charge in [-0.15, -0.1) is 0 Å². The summed E-state index contributed by atoms with van der Waals surface area (Å²) in [4.78, 5) is 0. The summed E-state index contributed by atoms with van der Waals surface area (Å²) in [6.07, 6.45) is 6.91. The van der Waals surface area contributed by atoms with Crippen molar-refractivity contribution in [3.8, 4) is 33.6 Å². The van der Waals surface area contributed by atoms with Crippen molar-refractivity contribution in [2.45, 2.75) is 43.2 Å². The molecule has 3 unspecified atom stereocenters. The van der Waals surface area contributed by atoms with Gasteiger partial charge in [0.2, 0.25) is 11.4 Å². The normalized spacial score (nSPS) is 25.6. The van der Waals surface area contributed by atoms with Gasteiger partial charge in [0.15, 0.2) is 12.4 Å². The average molecular weight is 479 g/mol. The molecule has 5 aromatic rings. The molecule has 3 aliphatic rings. The van der Waals surface area contributed by atoms with Gasteiger partial charge in [-0.2, -0.15) is 9.13 Å². The minimum absolute atomic E-state index is 0.0638. The summed E-state index contributed by atoms with van der Waals surface area (Å²) in [6.45, 7) is 4.81. The third-order valence-electron chi connectivity index (χ3n) is 9.85. The summed E-state index contributed by atoms with van der Waals surface area (Å²) < 4.78 is 5.33. The number of fused-ring (bicyclic) bond motifs is 13. The SMILES string of the molecule is CCC12c3ccccc3-c3cccc[n+]3C1(CC)C21c2ccccc2-c2ccc(-c3ccccc3)c[n+]21. The van der Waals surface area contributed by atoms with Crippen molar-refractivity contribution < 1.29 is 9.13 Å². The van der Waals surface area contributed by atoms with Crippen molar-refractivity contribution in [1.29, 1.82) is 0 Å². The Labute approximate surface area is 218 Å². The maximum atomic E-state index is 2.68. The lowest BCUT2D eigenvalue weighted by Gasteiger charge is -2.25. The van der Waals surface area contributed by atoms with Crippen LogP contribution >= 0.6 is 0 Å². The molecule has 0 radical (unpaired) electrons. The minimum atomic E-state index is -0.215. The molecule has 37 heavy (non-hydrogen) atoms. The first-order chi connectivity index (χ1) is 18.3. The van der Waals surface area contributed by atoms with E-state index in [4.69, 9.17) is 0 Å². The second-order valence-electron chi connectivity index (χ2n) is 10.8. The first-order valence-electron chi connectivity index (χ1n) is 13.6. The van der Waals surface area contributed by atoms with E-state index in [0.717, 1.165) is 12.8 Å². The highest BCUT2D eigenvalue weighted by Crippen LogP contribution is 2.80. The molecular formula is C35H30N2+2. The molecule has 1 saturated carbocycles. The third kappa shape index (κ3) is 2.10. The van der Waals surface area contributed by atoms with Crippen LogP contribution in [-0.2, 0) is 16.5 Å². The molecule has 4 heterocycles. The fraction of sp³-hybridized carbons (Fsp3) is 0.200. The number of rotatable bonds is 3.